The van der Waals surface area contributed by atoms with Crippen molar-refractivity contribution in [1.29, 1.82) is 0 Å². The fraction of sp³-hybridized carbons (Fsp3) is 0.455. The number of aromatic nitrogens is 1. The van der Waals surface area contributed by atoms with Crippen molar-refractivity contribution in [2.45, 2.75) is 26.3 Å². The van der Waals surface area contributed by atoms with Gasteiger partial charge in [0.15, 0.2) is 0 Å². The Hall–Kier alpha value is -2.65. The average Bonchev–Trinajstić information content (AvgIpc) is 3.08. The molecule has 2 fully saturated rings. The van der Waals surface area contributed by atoms with Gasteiger partial charge >= 0.3 is 0 Å². The molecule has 1 aromatic heterocycles. The fourth-order valence-corrected chi connectivity index (χ4v) is 6.14. The molecule has 2 aromatic rings. The number of hydrogen-bond donors (Lipinski definition) is 1. The van der Waals surface area contributed by atoms with E-state index in [0.717, 1.165) is 13.1 Å². The van der Waals surface area contributed by atoms with E-state index >= 15 is 0 Å². The molecule has 31 heavy (non-hydrogen) atoms. The first-order valence-electron chi connectivity index (χ1n) is 10.5. The first-order chi connectivity index (χ1) is 14.8. The number of aryl methyl sites for hydroxylation is 2. The highest BCUT2D eigenvalue weighted by Crippen LogP contribution is 2.28. The van der Waals surface area contributed by atoms with Gasteiger partial charge < -0.3 is 14.9 Å². The maximum absolute atomic E-state index is 12.9. The van der Waals surface area contributed by atoms with Crippen molar-refractivity contribution >= 4 is 27.4 Å². The molecule has 1 aromatic carbocycles. The minimum Gasteiger partial charge on any atom is -0.394 e. The monoisotopic (exact) mass is 444 g/mol. The summed E-state index contributed by atoms with van der Waals surface area (Å²) in [7, 11) is -3.48. The third kappa shape index (κ3) is 4.24. The van der Waals surface area contributed by atoms with Gasteiger partial charge in [0.25, 0.3) is 5.91 Å². The Labute approximate surface area is 183 Å². The number of benzene rings is 1. The Morgan fingerprint density at radius 1 is 1.13 bits per heavy atom. The summed E-state index contributed by atoms with van der Waals surface area (Å²) >= 11 is 0. The zero-order valence-electron chi connectivity index (χ0n) is 17.9. The summed E-state index contributed by atoms with van der Waals surface area (Å²) in [6, 6.07) is 9.07. The number of hydrogen-bond acceptors (Lipinski definition) is 6. The summed E-state index contributed by atoms with van der Waals surface area (Å²) in [5.41, 5.74) is 4.10. The second-order valence-corrected chi connectivity index (χ2v) is 10.2. The van der Waals surface area contributed by atoms with Crippen LogP contribution in [0.1, 0.15) is 27.9 Å². The predicted octanol–water partition coefficient (Wildman–Crippen LogP) is 1.56. The van der Waals surface area contributed by atoms with Gasteiger partial charge in [-0.05, 0) is 44.0 Å². The number of aliphatic hydroxyl groups is 1. The Morgan fingerprint density at radius 3 is 2.48 bits per heavy atom. The number of piperazine rings is 1. The molecule has 166 valence electrons. The molecule has 0 radical (unpaired) electrons. The fourth-order valence-electron chi connectivity index (χ4n) is 4.36. The highest BCUT2D eigenvalue weighted by molar-refractivity contribution is 7.93. The minimum atomic E-state index is -3.48. The van der Waals surface area contributed by atoms with E-state index in [2.05, 4.69) is 41.9 Å². The van der Waals surface area contributed by atoms with Crippen LogP contribution in [0.15, 0.2) is 36.5 Å². The van der Waals surface area contributed by atoms with E-state index in [1.807, 2.05) is 0 Å². The maximum Gasteiger partial charge on any atom is 0.255 e. The third-order valence-electron chi connectivity index (χ3n) is 6.03. The number of carbonyl (C=O) groups excluding carboxylic acids is 1. The first-order valence-corrected chi connectivity index (χ1v) is 12.1. The lowest BCUT2D eigenvalue weighted by Crippen LogP contribution is -2.49. The van der Waals surface area contributed by atoms with Crippen molar-refractivity contribution in [3.8, 4) is 0 Å². The van der Waals surface area contributed by atoms with E-state index < -0.39 is 16.1 Å². The van der Waals surface area contributed by atoms with Crippen LogP contribution in [0.25, 0.3) is 0 Å². The van der Waals surface area contributed by atoms with Crippen molar-refractivity contribution in [2.24, 2.45) is 0 Å². The highest BCUT2D eigenvalue weighted by Gasteiger charge is 2.38. The van der Waals surface area contributed by atoms with Crippen molar-refractivity contribution < 1.29 is 18.3 Å². The van der Waals surface area contributed by atoms with Crippen LogP contribution in [0.3, 0.4) is 0 Å². The van der Waals surface area contributed by atoms with Gasteiger partial charge in [-0.25, -0.2) is 17.7 Å². The Bertz CT molecular complexity index is 1060. The van der Waals surface area contributed by atoms with Crippen LogP contribution in [-0.2, 0) is 10.0 Å². The van der Waals surface area contributed by atoms with Crippen molar-refractivity contribution in [1.82, 2.24) is 9.88 Å². The maximum atomic E-state index is 12.9. The number of pyridine rings is 1. The molecule has 0 aliphatic carbocycles. The molecule has 3 heterocycles. The van der Waals surface area contributed by atoms with Crippen molar-refractivity contribution in [3.63, 3.8) is 0 Å². The molecule has 0 bridgehead atoms. The van der Waals surface area contributed by atoms with Gasteiger partial charge in [-0.2, -0.15) is 0 Å². The van der Waals surface area contributed by atoms with Gasteiger partial charge in [-0.15, -0.1) is 0 Å². The highest BCUT2D eigenvalue weighted by atomic mass is 32.2. The lowest BCUT2D eigenvalue weighted by atomic mass is 10.1. The first kappa shape index (κ1) is 21.6. The molecular formula is C22H28N4O4S. The molecular weight excluding hydrogens is 416 g/mol. The van der Waals surface area contributed by atoms with Crippen LogP contribution in [0.2, 0.25) is 0 Å². The summed E-state index contributed by atoms with van der Waals surface area (Å²) < 4.78 is 25.7. The second-order valence-electron chi connectivity index (χ2n) is 8.21. The predicted molar refractivity (Wildman–Crippen MR) is 120 cm³/mol. The average molecular weight is 445 g/mol. The number of sulfonamides is 1. The SMILES string of the molecule is Cc1ccc(N2CCN(C(=O)c3ccc(N4[C@H](CO)CCS4(=O)=O)nc3)CC2)c(C)c1. The van der Waals surface area contributed by atoms with Crippen LogP contribution in [0, 0.1) is 13.8 Å². The van der Waals surface area contributed by atoms with Crippen LogP contribution < -0.4 is 9.21 Å². The number of amides is 1. The van der Waals surface area contributed by atoms with E-state index in [9.17, 15) is 18.3 Å². The van der Waals surface area contributed by atoms with E-state index in [4.69, 9.17) is 0 Å². The van der Waals surface area contributed by atoms with Crippen molar-refractivity contribution in [2.75, 3.05) is 47.7 Å². The molecule has 2 aliphatic heterocycles. The van der Waals surface area contributed by atoms with E-state index in [1.165, 1.54) is 27.3 Å². The zero-order valence-corrected chi connectivity index (χ0v) is 18.7. The summed E-state index contributed by atoms with van der Waals surface area (Å²) in [5, 5.41) is 9.48. The number of anilines is 2. The van der Waals surface area contributed by atoms with Gasteiger partial charge in [0.05, 0.1) is 24.0 Å². The van der Waals surface area contributed by atoms with Gasteiger partial charge in [-0.1, -0.05) is 17.7 Å². The van der Waals surface area contributed by atoms with Gasteiger partial charge in [0, 0.05) is 38.1 Å². The summed E-state index contributed by atoms with van der Waals surface area (Å²) in [4.78, 5) is 21.3. The lowest BCUT2D eigenvalue weighted by Gasteiger charge is -2.37. The lowest BCUT2D eigenvalue weighted by molar-refractivity contribution is 0.0746. The smallest absolute Gasteiger partial charge is 0.255 e. The molecule has 2 saturated heterocycles. The quantitative estimate of drug-likeness (QED) is 0.769. The molecule has 2 aliphatic rings. The number of nitrogens with zero attached hydrogens (tertiary/aromatic N) is 4. The normalized spacial score (nSPS) is 20.9. The van der Waals surface area contributed by atoms with Gasteiger partial charge in [0.2, 0.25) is 10.0 Å². The van der Waals surface area contributed by atoms with Crippen LogP contribution in [0.5, 0.6) is 0 Å². The Balaban J connectivity index is 1.42. The van der Waals surface area contributed by atoms with Crippen LogP contribution in [0.4, 0.5) is 11.5 Å². The Morgan fingerprint density at radius 2 is 1.87 bits per heavy atom. The molecule has 8 nitrogen and oxygen atoms in total. The standard InChI is InChI=1S/C22H28N4O4S/c1-16-3-5-20(17(2)13-16)24-8-10-25(11-9-24)22(28)18-4-6-21(23-14-18)26-19(15-27)7-12-31(26,29)30/h3-6,13-14,19,27H,7-12,15H2,1-2H3/t19-/m0/s1. The zero-order chi connectivity index (χ0) is 22.2. The summed E-state index contributed by atoms with van der Waals surface area (Å²) in [6.45, 7) is 6.66. The third-order valence-corrected chi connectivity index (χ3v) is 7.87. The molecule has 0 spiro atoms. The van der Waals surface area contributed by atoms with E-state index in [-0.39, 0.29) is 24.1 Å². The molecule has 4 rings (SSSR count). The Kier molecular flexibility index (Phi) is 5.90. The molecule has 1 N–H and O–H groups in total. The van der Waals surface area contributed by atoms with Crippen LogP contribution in [-0.4, -0.2) is 73.9 Å². The number of rotatable bonds is 4. The molecule has 1 atom stereocenters. The molecule has 9 heteroatoms. The van der Waals surface area contributed by atoms with Gasteiger partial charge in [0.1, 0.15) is 5.82 Å². The summed E-state index contributed by atoms with van der Waals surface area (Å²) in [5.74, 6) is 0.126. The molecule has 0 unspecified atom stereocenters. The van der Waals surface area contributed by atoms with Crippen molar-refractivity contribution in [3.05, 3.63) is 53.2 Å². The van der Waals surface area contributed by atoms with E-state index in [0.29, 0.717) is 25.1 Å². The van der Waals surface area contributed by atoms with Crippen LogP contribution >= 0.6 is 0 Å². The number of carbonyl (C=O) groups is 1. The minimum absolute atomic E-state index is 0.00861. The van der Waals surface area contributed by atoms with Gasteiger partial charge in [-0.3, -0.25) is 4.79 Å². The topological polar surface area (TPSA) is 94.0 Å². The second kappa shape index (κ2) is 8.47. The molecule has 1 amide bonds. The number of aliphatic hydroxyl groups excluding tert-OH is 1. The summed E-state index contributed by atoms with van der Waals surface area (Å²) in [6.07, 6.45) is 1.79. The largest absolute Gasteiger partial charge is 0.394 e. The molecule has 0 saturated carbocycles. The van der Waals surface area contributed by atoms with E-state index in [1.54, 1.807) is 17.0 Å².